The number of para-hydroxylation sites is 1. The van der Waals surface area contributed by atoms with Crippen molar-refractivity contribution in [1.82, 2.24) is 4.98 Å². The minimum Gasteiger partial charge on any atom is -0.465 e. The molecule has 126 valence electrons. The lowest BCUT2D eigenvalue weighted by Gasteiger charge is -2.09. The molecule has 2 aromatic rings. The summed E-state index contributed by atoms with van der Waals surface area (Å²) in [5, 5.41) is 14.5. The van der Waals surface area contributed by atoms with E-state index in [9.17, 15) is 14.9 Å². The van der Waals surface area contributed by atoms with E-state index in [4.69, 9.17) is 0 Å². The quantitative estimate of drug-likeness (QED) is 0.494. The Morgan fingerprint density at radius 2 is 1.96 bits per heavy atom. The van der Waals surface area contributed by atoms with E-state index in [1.54, 1.807) is 30.3 Å². The highest BCUT2D eigenvalue weighted by Gasteiger charge is 2.15. The largest absolute Gasteiger partial charge is 0.465 e. The van der Waals surface area contributed by atoms with E-state index in [0.717, 1.165) is 5.69 Å². The van der Waals surface area contributed by atoms with Crippen LogP contribution in [0.5, 0.6) is 0 Å². The van der Waals surface area contributed by atoms with Crippen LogP contribution in [0.1, 0.15) is 16.1 Å². The third-order valence-corrected chi connectivity index (χ3v) is 3.20. The number of ether oxygens (including phenoxy) is 1. The zero-order valence-electron chi connectivity index (χ0n) is 13.7. The molecular formula is C18H16N4O3. The van der Waals surface area contributed by atoms with Crippen LogP contribution in [0.2, 0.25) is 0 Å². The highest BCUT2D eigenvalue weighted by atomic mass is 16.5. The lowest BCUT2D eigenvalue weighted by Crippen LogP contribution is -2.17. The van der Waals surface area contributed by atoms with E-state index in [1.165, 1.54) is 19.4 Å². The molecule has 0 unspecified atom stereocenters. The Bertz CT molecular complexity index is 869. The molecule has 0 atom stereocenters. The maximum absolute atomic E-state index is 12.3. The first-order valence-corrected chi connectivity index (χ1v) is 7.34. The van der Waals surface area contributed by atoms with Gasteiger partial charge in [-0.25, -0.2) is 9.78 Å². The van der Waals surface area contributed by atoms with Gasteiger partial charge >= 0.3 is 5.97 Å². The van der Waals surface area contributed by atoms with Gasteiger partial charge in [-0.05, 0) is 31.2 Å². The average molecular weight is 336 g/mol. The van der Waals surface area contributed by atoms with Crippen molar-refractivity contribution in [3.8, 4) is 6.07 Å². The Labute approximate surface area is 145 Å². The predicted molar refractivity (Wildman–Crippen MR) is 92.7 cm³/mol. The van der Waals surface area contributed by atoms with Gasteiger partial charge in [-0.2, -0.15) is 5.26 Å². The molecule has 2 rings (SSSR count). The van der Waals surface area contributed by atoms with Gasteiger partial charge in [-0.3, -0.25) is 4.79 Å². The van der Waals surface area contributed by atoms with Gasteiger partial charge in [-0.1, -0.05) is 18.2 Å². The molecule has 0 bridgehead atoms. The van der Waals surface area contributed by atoms with E-state index in [0.29, 0.717) is 5.82 Å². The lowest BCUT2D eigenvalue weighted by molar-refractivity contribution is -0.112. The van der Waals surface area contributed by atoms with Gasteiger partial charge in [-0.15, -0.1) is 0 Å². The van der Waals surface area contributed by atoms with Crippen LogP contribution in [0.4, 0.5) is 11.5 Å². The van der Waals surface area contributed by atoms with Crippen molar-refractivity contribution in [3.63, 3.8) is 0 Å². The van der Waals surface area contributed by atoms with E-state index >= 15 is 0 Å². The molecule has 7 heteroatoms. The smallest absolute Gasteiger partial charge is 0.339 e. The van der Waals surface area contributed by atoms with Crippen molar-refractivity contribution in [3.05, 3.63) is 65.5 Å². The molecule has 0 aliphatic carbocycles. The first-order valence-electron chi connectivity index (χ1n) is 7.34. The number of carbonyl (C=O) groups excluding carboxylic acids is 2. The first-order chi connectivity index (χ1) is 12.0. The molecule has 0 saturated carbocycles. The number of methoxy groups -OCH3 is 1. The number of hydrogen-bond donors (Lipinski definition) is 2. The van der Waals surface area contributed by atoms with Crippen molar-refractivity contribution in [2.75, 3.05) is 17.7 Å². The molecule has 0 aliphatic heterocycles. The van der Waals surface area contributed by atoms with Crippen LogP contribution in [0, 0.1) is 18.3 Å². The van der Waals surface area contributed by atoms with E-state index in [-0.39, 0.29) is 16.8 Å². The fourth-order valence-corrected chi connectivity index (χ4v) is 1.99. The summed E-state index contributed by atoms with van der Waals surface area (Å²) >= 11 is 0. The summed E-state index contributed by atoms with van der Waals surface area (Å²) in [4.78, 5) is 28.2. The Balaban J connectivity index is 2.17. The fourth-order valence-electron chi connectivity index (χ4n) is 1.99. The number of rotatable bonds is 5. The number of aryl methyl sites for hydroxylation is 1. The van der Waals surface area contributed by atoms with Crippen LogP contribution < -0.4 is 10.6 Å². The third kappa shape index (κ3) is 4.65. The highest BCUT2D eigenvalue weighted by Crippen LogP contribution is 2.17. The van der Waals surface area contributed by atoms with Crippen molar-refractivity contribution < 1.29 is 14.3 Å². The molecule has 2 N–H and O–H groups in total. The van der Waals surface area contributed by atoms with Crippen LogP contribution in [0.25, 0.3) is 0 Å². The zero-order chi connectivity index (χ0) is 18.2. The minimum atomic E-state index is -0.654. The van der Waals surface area contributed by atoms with Crippen LogP contribution in [0.15, 0.2) is 54.2 Å². The lowest BCUT2D eigenvalue weighted by atomic mass is 10.1. The summed E-state index contributed by atoms with van der Waals surface area (Å²) in [6.45, 7) is 1.83. The van der Waals surface area contributed by atoms with Gasteiger partial charge in [0.1, 0.15) is 17.5 Å². The summed E-state index contributed by atoms with van der Waals surface area (Å²) in [6.07, 6.45) is 1.26. The number of amides is 1. The summed E-state index contributed by atoms with van der Waals surface area (Å²) in [7, 11) is 1.25. The number of hydrogen-bond acceptors (Lipinski definition) is 6. The number of anilines is 2. The van der Waals surface area contributed by atoms with Crippen LogP contribution >= 0.6 is 0 Å². The van der Waals surface area contributed by atoms with Crippen molar-refractivity contribution >= 4 is 23.4 Å². The molecule has 1 heterocycles. The average Bonchev–Trinajstić information content (AvgIpc) is 2.62. The zero-order valence-corrected chi connectivity index (χ0v) is 13.7. The minimum absolute atomic E-state index is 0.164. The monoisotopic (exact) mass is 336 g/mol. The normalized spacial score (nSPS) is 10.5. The number of pyridine rings is 1. The third-order valence-electron chi connectivity index (χ3n) is 3.20. The molecule has 1 aromatic carbocycles. The maximum atomic E-state index is 12.3. The van der Waals surface area contributed by atoms with E-state index < -0.39 is 11.9 Å². The van der Waals surface area contributed by atoms with Crippen LogP contribution in [-0.2, 0) is 9.53 Å². The molecule has 1 aromatic heterocycles. The number of nitrogens with one attached hydrogen (secondary N) is 2. The number of nitrogens with zero attached hydrogens (tertiary/aromatic N) is 2. The fraction of sp³-hybridized carbons (Fsp3) is 0.111. The number of esters is 1. The number of nitriles is 1. The molecular weight excluding hydrogens is 320 g/mol. The van der Waals surface area contributed by atoms with E-state index in [2.05, 4.69) is 20.4 Å². The molecule has 7 nitrogen and oxygen atoms in total. The molecule has 0 spiro atoms. The Hall–Kier alpha value is -3.66. The SMILES string of the molecule is COC(=O)c1ccccc1NC(=O)/C(C#N)=C\Nc1cccc(C)n1. The maximum Gasteiger partial charge on any atom is 0.339 e. The van der Waals surface area contributed by atoms with Gasteiger partial charge in [0.05, 0.1) is 18.4 Å². The topological polar surface area (TPSA) is 104 Å². The number of benzene rings is 1. The molecule has 25 heavy (non-hydrogen) atoms. The molecule has 0 aliphatic rings. The number of aromatic nitrogens is 1. The van der Waals surface area contributed by atoms with Crippen LogP contribution in [-0.4, -0.2) is 24.0 Å². The summed E-state index contributed by atoms with van der Waals surface area (Å²) in [5.74, 6) is -0.727. The Morgan fingerprint density at radius 3 is 2.64 bits per heavy atom. The van der Waals surface area contributed by atoms with Gasteiger partial charge < -0.3 is 15.4 Å². The van der Waals surface area contributed by atoms with Crippen LogP contribution in [0.3, 0.4) is 0 Å². The molecule has 0 saturated heterocycles. The van der Waals surface area contributed by atoms with Crippen molar-refractivity contribution in [2.24, 2.45) is 0 Å². The second-order valence-corrected chi connectivity index (χ2v) is 4.97. The summed E-state index contributed by atoms with van der Waals surface area (Å²) in [5.41, 5.74) is 1.09. The molecule has 0 fully saturated rings. The standard InChI is InChI=1S/C18H16N4O3/c1-12-6-5-9-16(21-12)20-11-13(10-19)17(23)22-15-8-4-3-7-14(15)18(24)25-2/h3-9,11H,1-2H3,(H,20,21)(H,22,23)/b13-11-. The van der Waals surface area contributed by atoms with Gasteiger partial charge in [0.15, 0.2) is 0 Å². The predicted octanol–water partition coefficient (Wildman–Crippen LogP) is 2.63. The number of carbonyl (C=O) groups is 2. The molecule has 0 radical (unpaired) electrons. The summed E-state index contributed by atoms with van der Waals surface area (Å²) in [6, 6.07) is 13.5. The Kier molecular flexibility index (Phi) is 5.85. The van der Waals surface area contributed by atoms with Gasteiger partial charge in [0.25, 0.3) is 5.91 Å². The van der Waals surface area contributed by atoms with Gasteiger partial charge in [0.2, 0.25) is 0 Å². The second-order valence-electron chi connectivity index (χ2n) is 4.97. The van der Waals surface area contributed by atoms with Crippen molar-refractivity contribution in [2.45, 2.75) is 6.92 Å². The molecule has 1 amide bonds. The van der Waals surface area contributed by atoms with Crippen molar-refractivity contribution in [1.29, 1.82) is 5.26 Å². The summed E-state index contributed by atoms with van der Waals surface area (Å²) < 4.78 is 4.67. The second kappa shape index (κ2) is 8.26. The Morgan fingerprint density at radius 1 is 1.20 bits per heavy atom. The van der Waals surface area contributed by atoms with E-state index in [1.807, 2.05) is 19.1 Å². The van der Waals surface area contributed by atoms with Gasteiger partial charge in [0, 0.05) is 11.9 Å². The highest BCUT2D eigenvalue weighted by molar-refractivity contribution is 6.09. The first kappa shape index (κ1) is 17.7.